The highest BCUT2D eigenvalue weighted by atomic mass is 16.1. The fourth-order valence-corrected chi connectivity index (χ4v) is 1.55. The van der Waals surface area contributed by atoms with Gasteiger partial charge in [0, 0.05) is 11.3 Å². The van der Waals surface area contributed by atoms with E-state index in [-0.39, 0.29) is 5.91 Å². The highest BCUT2D eigenvalue weighted by Gasteiger charge is 2.07. The van der Waals surface area contributed by atoms with Crippen LogP contribution in [0.5, 0.6) is 0 Å². The summed E-state index contributed by atoms with van der Waals surface area (Å²) >= 11 is 0. The van der Waals surface area contributed by atoms with Crippen molar-refractivity contribution in [1.82, 2.24) is 0 Å². The Balaban J connectivity index is 2.22. The molecule has 0 heterocycles. The molecule has 0 unspecified atom stereocenters. The molecule has 0 saturated carbocycles. The maximum atomic E-state index is 12.0. The number of carbonyl (C=O) groups excluding carboxylic acids is 1. The molecule has 0 saturated heterocycles. The van der Waals surface area contributed by atoms with E-state index in [2.05, 4.69) is 17.0 Å². The fraction of sp³-hybridized carbons (Fsp3) is 0. The molecule has 90 valence electrons. The second kappa shape index (κ2) is 5.14. The molecule has 2 rings (SSSR count). The number of hydrogen-bond donors (Lipinski definition) is 2. The molecule has 1 amide bonds. The van der Waals surface area contributed by atoms with Crippen LogP contribution in [0.25, 0.3) is 0 Å². The average molecular weight is 239 g/mol. The van der Waals surface area contributed by atoms with Crippen LogP contribution >= 0.6 is 0 Å². The monoisotopic (exact) mass is 239 g/mol. The number of nitrogen functional groups attached to an aromatic ring is 1. The van der Waals surface area contributed by atoms with Gasteiger partial charge in [-0.1, -0.05) is 18.2 Å². The molecule has 4 nitrogen and oxygen atoms in total. The van der Waals surface area contributed by atoms with E-state index in [0.717, 1.165) is 5.69 Å². The van der Waals surface area contributed by atoms with E-state index in [1.807, 2.05) is 30.3 Å². The lowest BCUT2D eigenvalue weighted by atomic mass is 10.1. The number of hydrogen-bond acceptors (Lipinski definition) is 3. The van der Waals surface area contributed by atoms with Gasteiger partial charge < -0.3 is 11.1 Å². The number of rotatable bonds is 3. The van der Waals surface area contributed by atoms with E-state index in [9.17, 15) is 4.79 Å². The molecule has 0 fully saturated rings. The second-order valence-corrected chi connectivity index (χ2v) is 3.75. The lowest BCUT2D eigenvalue weighted by Crippen LogP contribution is -2.11. The number of nitrogens with one attached hydrogen (secondary N) is 1. The average Bonchev–Trinajstić information content (AvgIpc) is 2.40. The van der Waals surface area contributed by atoms with Crippen LogP contribution in [-0.2, 0) is 0 Å². The molecule has 2 aromatic carbocycles. The van der Waals surface area contributed by atoms with Crippen molar-refractivity contribution < 1.29 is 4.79 Å². The molecule has 3 N–H and O–H groups in total. The Kier molecular flexibility index (Phi) is 3.38. The molecule has 0 aliphatic carbocycles. The van der Waals surface area contributed by atoms with Crippen LogP contribution in [0, 0.1) is 0 Å². The first-order valence-electron chi connectivity index (χ1n) is 5.43. The van der Waals surface area contributed by atoms with Gasteiger partial charge in [-0.25, -0.2) is 0 Å². The largest absolute Gasteiger partial charge is 0.397 e. The number of nitrogens with two attached hydrogens (primary N) is 1. The van der Waals surface area contributed by atoms with Crippen LogP contribution in [0.1, 0.15) is 10.4 Å². The molecular formula is C14H13N3O. The summed E-state index contributed by atoms with van der Waals surface area (Å²) in [7, 11) is 0. The zero-order chi connectivity index (χ0) is 13.0. The van der Waals surface area contributed by atoms with Crippen molar-refractivity contribution in [1.29, 1.82) is 0 Å². The van der Waals surface area contributed by atoms with Crippen LogP contribution in [0.2, 0.25) is 0 Å². The second-order valence-electron chi connectivity index (χ2n) is 3.75. The molecule has 0 spiro atoms. The Labute approximate surface area is 105 Å². The van der Waals surface area contributed by atoms with E-state index in [0.29, 0.717) is 16.9 Å². The summed E-state index contributed by atoms with van der Waals surface area (Å²) in [5.74, 6) is -0.203. The van der Waals surface area contributed by atoms with E-state index in [1.165, 1.54) is 0 Å². The standard InChI is InChI=1S/C14H13N3O/c1-16-13-9-10(7-8-12(13)15)14(18)17-11-5-3-2-4-6-11/h2-9H,1,15H2,(H,17,18). The third-order valence-electron chi connectivity index (χ3n) is 2.49. The molecule has 0 aromatic heterocycles. The maximum Gasteiger partial charge on any atom is 0.255 e. The van der Waals surface area contributed by atoms with Gasteiger partial charge in [-0.2, -0.15) is 0 Å². The van der Waals surface area contributed by atoms with E-state index in [4.69, 9.17) is 5.73 Å². The summed E-state index contributed by atoms with van der Waals surface area (Å²) in [5.41, 5.74) is 7.94. The first-order valence-corrected chi connectivity index (χ1v) is 5.43. The van der Waals surface area contributed by atoms with Crippen LogP contribution in [0.4, 0.5) is 17.1 Å². The number of benzene rings is 2. The third kappa shape index (κ3) is 2.55. The number of nitrogens with zero attached hydrogens (tertiary/aromatic N) is 1. The Morgan fingerprint density at radius 2 is 1.89 bits per heavy atom. The van der Waals surface area contributed by atoms with Gasteiger partial charge in [0.15, 0.2) is 0 Å². The summed E-state index contributed by atoms with van der Waals surface area (Å²) in [6.45, 7) is 3.41. The molecule has 2 aromatic rings. The van der Waals surface area contributed by atoms with Gasteiger partial charge in [-0.05, 0) is 37.0 Å². The molecule has 0 bridgehead atoms. The molecule has 0 aliphatic rings. The lowest BCUT2D eigenvalue weighted by molar-refractivity contribution is 0.102. The van der Waals surface area contributed by atoms with Crippen molar-refractivity contribution >= 4 is 29.7 Å². The predicted molar refractivity (Wildman–Crippen MR) is 74.5 cm³/mol. The highest BCUT2D eigenvalue weighted by molar-refractivity contribution is 6.05. The van der Waals surface area contributed by atoms with Gasteiger partial charge in [-0.3, -0.25) is 9.79 Å². The van der Waals surface area contributed by atoms with Crippen LogP contribution in [-0.4, -0.2) is 12.6 Å². The fourth-order valence-electron chi connectivity index (χ4n) is 1.55. The smallest absolute Gasteiger partial charge is 0.255 e. The van der Waals surface area contributed by atoms with E-state index < -0.39 is 0 Å². The minimum absolute atomic E-state index is 0.203. The lowest BCUT2D eigenvalue weighted by Gasteiger charge is -2.06. The number of aliphatic imine (C=N–C) groups is 1. The molecule has 18 heavy (non-hydrogen) atoms. The number of carbonyl (C=O) groups is 1. The Bertz CT molecular complexity index is 579. The van der Waals surface area contributed by atoms with Gasteiger partial charge in [0.2, 0.25) is 0 Å². The maximum absolute atomic E-state index is 12.0. The topological polar surface area (TPSA) is 67.5 Å². The highest BCUT2D eigenvalue weighted by Crippen LogP contribution is 2.23. The number of amides is 1. The van der Waals surface area contributed by atoms with E-state index in [1.54, 1.807) is 18.2 Å². The van der Waals surface area contributed by atoms with Gasteiger partial charge in [0.1, 0.15) is 0 Å². The number of para-hydroxylation sites is 1. The van der Waals surface area contributed by atoms with Crippen molar-refractivity contribution in [3.05, 3.63) is 54.1 Å². The summed E-state index contributed by atoms with van der Waals surface area (Å²) < 4.78 is 0. The quantitative estimate of drug-likeness (QED) is 0.638. The van der Waals surface area contributed by atoms with Gasteiger partial charge in [0.05, 0.1) is 11.4 Å². The van der Waals surface area contributed by atoms with E-state index >= 15 is 0 Å². The van der Waals surface area contributed by atoms with Gasteiger partial charge in [-0.15, -0.1) is 0 Å². The Morgan fingerprint density at radius 1 is 1.17 bits per heavy atom. The Morgan fingerprint density at radius 3 is 2.56 bits per heavy atom. The van der Waals surface area contributed by atoms with Crippen LogP contribution < -0.4 is 11.1 Å². The van der Waals surface area contributed by atoms with Crippen molar-refractivity contribution in [2.24, 2.45) is 4.99 Å². The van der Waals surface area contributed by atoms with Crippen molar-refractivity contribution in [3.63, 3.8) is 0 Å². The summed E-state index contributed by atoms with van der Waals surface area (Å²) in [4.78, 5) is 15.7. The molecule has 0 atom stereocenters. The van der Waals surface area contributed by atoms with Gasteiger partial charge >= 0.3 is 0 Å². The zero-order valence-corrected chi connectivity index (χ0v) is 9.76. The SMILES string of the molecule is C=Nc1cc(C(=O)Nc2ccccc2)ccc1N. The zero-order valence-electron chi connectivity index (χ0n) is 9.76. The van der Waals surface area contributed by atoms with Crippen molar-refractivity contribution in [2.75, 3.05) is 11.1 Å². The minimum atomic E-state index is -0.203. The molecular weight excluding hydrogens is 226 g/mol. The summed E-state index contributed by atoms with van der Waals surface area (Å²) in [6, 6.07) is 14.2. The molecule has 4 heteroatoms. The Hall–Kier alpha value is -2.62. The van der Waals surface area contributed by atoms with Crippen LogP contribution in [0.3, 0.4) is 0 Å². The molecule has 0 radical (unpaired) electrons. The summed E-state index contributed by atoms with van der Waals surface area (Å²) in [5, 5.41) is 2.79. The first kappa shape index (κ1) is 11.9. The predicted octanol–water partition coefficient (Wildman–Crippen LogP) is 2.85. The van der Waals surface area contributed by atoms with Crippen molar-refractivity contribution in [3.8, 4) is 0 Å². The number of anilines is 2. The third-order valence-corrected chi connectivity index (χ3v) is 2.49. The van der Waals surface area contributed by atoms with Crippen LogP contribution in [0.15, 0.2) is 53.5 Å². The summed E-state index contributed by atoms with van der Waals surface area (Å²) in [6.07, 6.45) is 0. The molecule has 0 aliphatic heterocycles. The van der Waals surface area contributed by atoms with Gasteiger partial charge in [0.25, 0.3) is 5.91 Å². The van der Waals surface area contributed by atoms with Crippen molar-refractivity contribution in [2.45, 2.75) is 0 Å². The normalized spacial score (nSPS) is 9.78. The first-order chi connectivity index (χ1) is 8.70. The minimum Gasteiger partial charge on any atom is -0.397 e.